The van der Waals surface area contributed by atoms with Crippen molar-refractivity contribution >= 4 is 11.6 Å². The molecule has 2 atom stereocenters. The fourth-order valence-corrected chi connectivity index (χ4v) is 4.79. The van der Waals surface area contributed by atoms with Crippen molar-refractivity contribution in [2.45, 2.75) is 51.7 Å². The van der Waals surface area contributed by atoms with Gasteiger partial charge in [-0.3, -0.25) is 9.69 Å². The molecule has 5 nitrogen and oxygen atoms in total. The molecule has 0 saturated carbocycles. The fraction of sp³-hybridized carbons (Fsp3) is 0.500. The predicted octanol–water partition coefficient (Wildman–Crippen LogP) is 4.32. The highest BCUT2D eigenvalue weighted by Gasteiger charge is 2.32. The number of hydrogen-bond acceptors (Lipinski definition) is 4. The minimum absolute atomic E-state index is 0.0271. The van der Waals surface area contributed by atoms with Gasteiger partial charge in [-0.25, -0.2) is 4.39 Å². The highest BCUT2D eigenvalue weighted by atomic mass is 19.1. The van der Waals surface area contributed by atoms with Gasteiger partial charge in [-0.15, -0.1) is 0 Å². The van der Waals surface area contributed by atoms with Crippen molar-refractivity contribution in [2.75, 3.05) is 37.7 Å². The zero-order chi connectivity index (χ0) is 22.5. The third-order valence-corrected chi connectivity index (χ3v) is 6.65. The summed E-state index contributed by atoms with van der Waals surface area (Å²) in [5, 5.41) is 0. The van der Waals surface area contributed by atoms with Crippen LogP contribution in [-0.2, 0) is 11.3 Å². The second-order valence-electron chi connectivity index (χ2n) is 9.10. The second kappa shape index (κ2) is 10.3. The van der Waals surface area contributed by atoms with E-state index in [0.717, 1.165) is 43.2 Å². The molecule has 2 aliphatic rings. The SMILES string of the molecule is C[C@@H]1CN(C(=O)COc2ccccc2N2CCCCC2)[C@@H](C)CN1Cc1ccc(F)cc1. The Morgan fingerprint density at radius 3 is 2.44 bits per heavy atom. The van der Waals surface area contributed by atoms with E-state index in [0.29, 0.717) is 6.54 Å². The van der Waals surface area contributed by atoms with E-state index in [1.54, 1.807) is 0 Å². The van der Waals surface area contributed by atoms with Crippen LogP contribution < -0.4 is 9.64 Å². The first-order chi connectivity index (χ1) is 15.5. The summed E-state index contributed by atoms with van der Waals surface area (Å²) in [5.74, 6) is 0.602. The molecule has 0 spiro atoms. The lowest BCUT2D eigenvalue weighted by Gasteiger charge is -2.44. The second-order valence-corrected chi connectivity index (χ2v) is 9.10. The van der Waals surface area contributed by atoms with Crippen molar-refractivity contribution in [3.8, 4) is 5.75 Å². The molecule has 4 rings (SSSR count). The molecule has 32 heavy (non-hydrogen) atoms. The molecule has 2 saturated heterocycles. The lowest BCUT2D eigenvalue weighted by molar-refractivity contribution is -0.139. The van der Waals surface area contributed by atoms with E-state index in [1.807, 2.05) is 35.2 Å². The highest BCUT2D eigenvalue weighted by Crippen LogP contribution is 2.30. The maximum absolute atomic E-state index is 13.2. The predicted molar refractivity (Wildman–Crippen MR) is 125 cm³/mol. The van der Waals surface area contributed by atoms with Crippen LogP contribution in [0.1, 0.15) is 38.7 Å². The van der Waals surface area contributed by atoms with Gasteiger partial charge in [0, 0.05) is 44.8 Å². The molecule has 0 N–H and O–H groups in total. The standard InChI is InChI=1S/C26H34FN3O2/c1-20-17-30(21(2)16-29(20)18-22-10-12-23(27)13-11-22)26(31)19-32-25-9-5-4-8-24(25)28-14-6-3-7-15-28/h4-5,8-13,20-21H,3,6-7,14-19H2,1-2H3/t20-,21+/m1/s1. The number of carbonyl (C=O) groups is 1. The summed E-state index contributed by atoms with van der Waals surface area (Å²) < 4.78 is 19.2. The Morgan fingerprint density at radius 2 is 1.69 bits per heavy atom. The zero-order valence-corrected chi connectivity index (χ0v) is 19.2. The van der Waals surface area contributed by atoms with E-state index >= 15 is 0 Å². The van der Waals surface area contributed by atoms with Crippen LogP contribution in [0.3, 0.4) is 0 Å². The fourth-order valence-electron chi connectivity index (χ4n) is 4.79. The Kier molecular flexibility index (Phi) is 7.30. The van der Waals surface area contributed by atoms with E-state index in [4.69, 9.17) is 4.74 Å². The molecule has 172 valence electrons. The Morgan fingerprint density at radius 1 is 0.969 bits per heavy atom. The number of halogens is 1. The van der Waals surface area contributed by atoms with Crippen LogP contribution in [0.5, 0.6) is 5.75 Å². The van der Waals surface area contributed by atoms with Crippen LogP contribution in [0.15, 0.2) is 48.5 Å². The first-order valence-electron chi connectivity index (χ1n) is 11.8. The molecule has 2 aromatic rings. The largest absolute Gasteiger partial charge is 0.482 e. The number of nitrogens with zero attached hydrogens (tertiary/aromatic N) is 3. The molecule has 1 amide bonds. The summed E-state index contributed by atoms with van der Waals surface area (Å²) in [7, 11) is 0. The molecule has 2 aliphatic heterocycles. The Balaban J connectivity index is 1.34. The molecule has 2 aromatic carbocycles. The topological polar surface area (TPSA) is 36.0 Å². The van der Waals surface area contributed by atoms with Gasteiger partial charge in [0.25, 0.3) is 5.91 Å². The summed E-state index contributed by atoms with van der Waals surface area (Å²) in [5.41, 5.74) is 2.17. The first kappa shape index (κ1) is 22.6. The molecule has 0 bridgehead atoms. The summed E-state index contributed by atoms with van der Waals surface area (Å²) >= 11 is 0. The van der Waals surface area contributed by atoms with E-state index in [9.17, 15) is 9.18 Å². The summed E-state index contributed by atoms with van der Waals surface area (Å²) in [6.45, 7) is 8.57. The number of para-hydroxylation sites is 2. The number of hydrogen-bond donors (Lipinski definition) is 0. The number of rotatable bonds is 6. The number of amides is 1. The lowest BCUT2D eigenvalue weighted by Crippen LogP contribution is -2.58. The molecule has 0 radical (unpaired) electrons. The minimum Gasteiger partial charge on any atom is -0.482 e. The number of carbonyl (C=O) groups excluding carboxylic acids is 1. The molecular formula is C26H34FN3O2. The van der Waals surface area contributed by atoms with E-state index in [1.165, 1.54) is 31.4 Å². The van der Waals surface area contributed by atoms with Gasteiger partial charge < -0.3 is 14.5 Å². The summed E-state index contributed by atoms with van der Waals surface area (Å²) in [6.07, 6.45) is 3.68. The van der Waals surface area contributed by atoms with Crippen LogP contribution in [0.2, 0.25) is 0 Å². The Hall–Kier alpha value is -2.60. The quantitative estimate of drug-likeness (QED) is 0.672. The summed E-state index contributed by atoms with van der Waals surface area (Å²) in [4.78, 5) is 19.7. The van der Waals surface area contributed by atoms with Crippen molar-refractivity contribution in [3.63, 3.8) is 0 Å². The van der Waals surface area contributed by atoms with Crippen molar-refractivity contribution in [1.29, 1.82) is 0 Å². The molecule has 0 aliphatic carbocycles. The van der Waals surface area contributed by atoms with Crippen LogP contribution in [0.25, 0.3) is 0 Å². The number of piperidine rings is 1. The number of benzene rings is 2. The highest BCUT2D eigenvalue weighted by molar-refractivity contribution is 5.78. The number of ether oxygens (including phenoxy) is 1. The molecule has 6 heteroatoms. The van der Waals surface area contributed by atoms with Gasteiger partial charge in [0.05, 0.1) is 5.69 Å². The molecule has 2 fully saturated rings. The normalized spacial score (nSPS) is 22.1. The zero-order valence-electron chi connectivity index (χ0n) is 19.2. The maximum atomic E-state index is 13.2. The van der Waals surface area contributed by atoms with E-state index < -0.39 is 0 Å². The summed E-state index contributed by atoms with van der Waals surface area (Å²) in [6, 6.07) is 15.0. The van der Waals surface area contributed by atoms with Crippen LogP contribution in [-0.4, -0.2) is 60.6 Å². The van der Waals surface area contributed by atoms with Gasteiger partial charge in [0.2, 0.25) is 0 Å². The van der Waals surface area contributed by atoms with Gasteiger partial charge in [0.15, 0.2) is 6.61 Å². The first-order valence-corrected chi connectivity index (χ1v) is 11.8. The van der Waals surface area contributed by atoms with Crippen molar-refractivity contribution in [2.24, 2.45) is 0 Å². The number of anilines is 1. The third kappa shape index (κ3) is 5.41. The van der Waals surface area contributed by atoms with Gasteiger partial charge in [-0.2, -0.15) is 0 Å². The molecular weight excluding hydrogens is 405 g/mol. The van der Waals surface area contributed by atoms with Crippen molar-refractivity contribution in [1.82, 2.24) is 9.80 Å². The van der Waals surface area contributed by atoms with Crippen LogP contribution in [0, 0.1) is 5.82 Å². The van der Waals surface area contributed by atoms with Crippen LogP contribution in [0.4, 0.5) is 10.1 Å². The van der Waals surface area contributed by atoms with Gasteiger partial charge in [-0.1, -0.05) is 24.3 Å². The molecule has 2 heterocycles. The smallest absolute Gasteiger partial charge is 0.260 e. The molecule has 0 aromatic heterocycles. The van der Waals surface area contributed by atoms with Gasteiger partial charge in [0.1, 0.15) is 11.6 Å². The Bertz CT molecular complexity index is 898. The van der Waals surface area contributed by atoms with Crippen LogP contribution >= 0.6 is 0 Å². The van der Waals surface area contributed by atoms with Crippen molar-refractivity contribution in [3.05, 3.63) is 59.9 Å². The van der Waals surface area contributed by atoms with Gasteiger partial charge >= 0.3 is 0 Å². The Labute approximate surface area is 190 Å². The number of piperazine rings is 1. The van der Waals surface area contributed by atoms with Gasteiger partial charge in [-0.05, 0) is 62.9 Å². The third-order valence-electron chi connectivity index (χ3n) is 6.65. The monoisotopic (exact) mass is 439 g/mol. The van der Waals surface area contributed by atoms with E-state index in [2.05, 4.69) is 29.7 Å². The average molecular weight is 440 g/mol. The molecule has 0 unspecified atom stereocenters. The average Bonchev–Trinajstić information content (AvgIpc) is 2.82. The van der Waals surface area contributed by atoms with Crippen molar-refractivity contribution < 1.29 is 13.9 Å². The maximum Gasteiger partial charge on any atom is 0.260 e. The van der Waals surface area contributed by atoms with E-state index in [-0.39, 0.29) is 30.4 Å². The minimum atomic E-state index is -0.215. The lowest BCUT2D eigenvalue weighted by atomic mass is 10.1.